The van der Waals surface area contributed by atoms with Crippen LogP contribution in [0.1, 0.15) is 104 Å². The van der Waals surface area contributed by atoms with Crippen molar-refractivity contribution in [3.8, 4) is 40.2 Å². The average Bonchev–Trinajstić information content (AvgIpc) is 0.834. The van der Waals surface area contributed by atoms with Crippen molar-refractivity contribution in [2.24, 2.45) is 0 Å². The Balaban J connectivity index is -0.000000128. The Labute approximate surface area is 826 Å². The molecule has 4 atom stereocenters. The predicted octanol–water partition coefficient (Wildman–Crippen LogP) is -7.36. The number of carbonyl (C=O) groups excluding carboxylic acids is 3. The van der Waals surface area contributed by atoms with Crippen LogP contribution in [-0.2, 0) is 47.0 Å². The van der Waals surface area contributed by atoms with E-state index in [9.17, 15) is 34.8 Å². The minimum absolute atomic E-state index is 0. The summed E-state index contributed by atoms with van der Waals surface area (Å²) in [6, 6.07) is 61.6. The van der Waals surface area contributed by atoms with Crippen LogP contribution in [0.3, 0.4) is 0 Å². The minimum Gasteiger partial charge on any atom is -0.839 e. The van der Waals surface area contributed by atoms with E-state index >= 15 is 0 Å². The van der Waals surface area contributed by atoms with E-state index in [1.54, 1.807) is 168 Å². The Morgan fingerprint density at radius 2 is 0.705 bits per heavy atom. The predicted molar refractivity (Wildman–Crippen MR) is 452 cm³/mol. The van der Waals surface area contributed by atoms with Crippen LogP contribution in [0.2, 0.25) is 0 Å². The number of nitrogens with zero attached hydrogens (tertiary/aromatic N) is 9. The van der Waals surface area contributed by atoms with Crippen molar-refractivity contribution in [2.75, 3.05) is 187 Å². The Morgan fingerprint density at radius 1 is 0.377 bits per heavy atom. The summed E-state index contributed by atoms with van der Waals surface area (Å²) in [5, 5.41) is 55.3. The molecule has 0 aromatic heterocycles. The Bertz CT molecular complexity index is 3640. The van der Waals surface area contributed by atoms with E-state index in [4.69, 9.17) is 45.0 Å². The summed E-state index contributed by atoms with van der Waals surface area (Å²) in [5.41, 5.74) is 6.52. The average molecular weight is 1740 g/mol. The molecule has 0 amide bonds. The van der Waals surface area contributed by atoms with Crippen LogP contribution in [0, 0.1) is 30.0 Å². The molecule has 8 aromatic rings. The number of aldehydes is 3. The second kappa shape index (κ2) is 86.2. The van der Waals surface area contributed by atoms with E-state index in [0.29, 0.717) is 63.7 Å². The van der Waals surface area contributed by atoms with Gasteiger partial charge in [0.05, 0.1) is 49.8 Å². The molecule has 0 bridgehead atoms. The first-order chi connectivity index (χ1) is 53.7. The van der Waals surface area contributed by atoms with E-state index in [-0.39, 0.29) is 162 Å². The summed E-state index contributed by atoms with van der Waals surface area (Å²) < 4.78 is 35.5. The molecular weight excluding hydrogens is 1610 g/mol. The van der Waals surface area contributed by atoms with Gasteiger partial charge in [-0.1, -0.05) is 100 Å². The van der Waals surface area contributed by atoms with Gasteiger partial charge >= 0.3 is 147 Å². The molecule has 23 nitrogen and oxygen atoms in total. The van der Waals surface area contributed by atoms with Crippen molar-refractivity contribution in [1.82, 2.24) is 39.2 Å². The fourth-order valence-corrected chi connectivity index (χ4v) is 9.50. The molecule has 4 unspecified atom stereocenters. The normalized spacial score (nSPS) is 10.4. The quantitative estimate of drug-likeness (QED) is 0.0119. The number of carbonyl (C=O) groups is 3. The van der Waals surface area contributed by atoms with Crippen molar-refractivity contribution >= 4 is 18.9 Å². The summed E-state index contributed by atoms with van der Waals surface area (Å²) in [6.07, 6.45) is 3.74. The summed E-state index contributed by atoms with van der Waals surface area (Å²) in [4.78, 5) is 46.5. The Morgan fingerprint density at radius 3 is 1.02 bits per heavy atom. The maximum Gasteiger partial charge on any atom is 1.00 e. The molecule has 0 saturated heterocycles. The number of methoxy groups -OCH3 is 7. The van der Waals surface area contributed by atoms with Crippen molar-refractivity contribution in [2.45, 2.75) is 52.6 Å². The molecule has 648 valence electrons. The molecule has 0 N–H and O–H groups in total. The molecule has 0 radical (unpaired) electrons. The first kappa shape index (κ1) is 140. The van der Waals surface area contributed by atoms with Gasteiger partial charge in [0, 0.05) is 91.7 Å². The number of ether oxygens (including phenoxy) is 7. The second-order valence-corrected chi connectivity index (χ2v) is 25.7. The van der Waals surface area contributed by atoms with Gasteiger partial charge in [-0.05, 0) is 170 Å². The zero-order chi connectivity index (χ0) is 84.3. The molecule has 0 aliphatic carbocycles. The number of hydrogen-bond acceptors (Lipinski definition) is 23. The molecule has 8 rings (SSSR count). The molecule has 0 aliphatic rings. The number of allylic oxidation sites excluding steroid dienone is 2. The first-order valence-corrected chi connectivity index (χ1v) is 35.8. The zero-order valence-electron chi connectivity index (χ0n) is 75.8. The molecule has 0 heterocycles. The number of likely N-dealkylation sites (N-methyl/N-ethyl adjacent to an activating group) is 8. The third-order valence-corrected chi connectivity index (χ3v) is 16.1. The fraction of sp³-hybridized carbons (Fsp3) is 0.385. The van der Waals surface area contributed by atoms with Crippen LogP contribution in [0.25, 0.3) is 0 Å². The van der Waals surface area contributed by atoms with Crippen molar-refractivity contribution in [3.63, 3.8) is 0 Å². The molecule has 0 aliphatic heterocycles. The first-order valence-electron chi connectivity index (χ1n) is 35.8. The summed E-state index contributed by atoms with van der Waals surface area (Å²) in [7, 11) is 34.5. The molecule has 31 heteroatoms. The SMILES string of the molecule is C.C.C=CCc1c(C=O)cccc1OC.C=CCc1c(OC)cccc1C([O-])N(C)CCN(C)C.COc1[c-]c(C([O-])N(C)CCN(C)C)ccc1.COc1[c-]c(C([O-])N(C)CCN(C)C)ccc1.COc1cccc(C([O-])N(C)CCN(C)C)c1.COc1cccc(C=O)c1.COc1cccc(C=O)c1.[C-]#N.[Cu+].[Cu+].[Li+].[Li+].[Li+].[Li+].[Li+].[Li+].[c-]1ccccc1. The van der Waals surface area contributed by atoms with Gasteiger partial charge in [-0.3, -0.25) is 14.4 Å². The van der Waals surface area contributed by atoms with Crippen molar-refractivity contribution < 1.29 is 215 Å². The smallest absolute Gasteiger partial charge is 0.839 e. The zero-order valence-corrected chi connectivity index (χ0v) is 77.7. The van der Waals surface area contributed by atoms with E-state index < -0.39 is 24.9 Å². The minimum atomic E-state index is -0.898. The monoisotopic (exact) mass is 1740 g/mol. The van der Waals surface area contributed by atoms with Gasteiger partial charge in [0.2, 0.25) is 0 Å². The van der Waals surface area contributed by atoms with Gasteiger partial charge in [-0.15, -0.1) is 37.4 Å². The van der Waals surface area contributed by atoms with E-state index in [1.807, 2.05) is 174 Å². The molecular formula is C91H127Cu2Li6N9O14. The van der Waals surface area contributed by atoms with Crippen LogP contribution in [0.4, 0.5) is 0 Å². The largest absolute Gasteiger partial charge is 1.00 e. The molecule has 0 spiro atoms. The van der Waals surface area contributed by atoms with E-state index in [2.05, 4.69) is 51.0 Å². The number of hydrogen-bond donors (Lipinski definition) is 0. The fourth-order valence-electron chi connectivity index (χ4n) is 9.50. The molecule has 0 fully saturated rings. The van der Waals surface area contributed by atoms with Gasteiger partial charge < -0.3 is 105 Å². The van der Waals surface area contributed by atoms with Crippen molar-refractivity contribution in [1.29, 1.82) is 5.26 Å². The van der Waals surface area contributed by atoms with Crippen LogP contribution in [0.15, 0.2) is 201 Å². The third-order valence-electron chi connectivity index (χ3n) is 16.1. The third kappa shape index (κ3) is 60.2. The maximum absolute atomic E-state index is 12.6. The number of benzene rings is 8. The standard InChI is InChI=1S/C16H25N2O2.C13H21N2O2.2C13H20N2O2.C11H12O2.2C8H8O2.C6H5.CN.2CH4.2Cu.6Li/c1-6-8-13-14(9-7-10-15(13)20-5)16(19)18(4)12-11-17(2)3;3*1-14(2)8-9-15(3)13(16)11-6-5-7-12(10-11)17-4;1-3-5-10-9(8-12)6-4-7-11(10)13-2;2*1-10-8-4-2-3-7(5-8)6-9;1-2-4-6-5-3-1;1-2;;;;;;;;;;/h6-7,9-10,16H,1,8,11-12H2,2-5H3;5-7,10,13H,8-9H2,1-4H3;2*5-7,13H,8-9H2,1-4H3;3-4,6-8H,1,5H2,2H3;2*2-6H,1H3;1-5H;;2*1H4;;;;;;;;/q2*-1;2*-2;;;;2*-1;;;8*+1. The molecule has 0 saturated carbocycles. The topological polar surface area (TPSA) is 258 Å². The maximum atomic E-state index is 12.6. The van der Waals surface area contributed by atoms with E-state index in [1.165, 1.54) is 0 Å². The van der Waals surface area contributed by atoms with Crippen LogP contribution < -0.4 is 167 Å². The van der Waals surface area contributed by atoms with Crippen LogP contribution in [-0.4, -0.2) is 245 Å². The van der Waals surface area contributed by atoms with Gasteiger partial charge in [0.1, 0.15) is 47.6 Å². The summed E-state index contributed by atoms with van der Waals surface area (Å²) in [5.74, 6) is 4.85. The molecule has 122 heavy (non-hydrogen) atoms. The van der Waals surface area contributed by atoms with E-state index in [0.717, 1.165) is 111 Å². The van der Waals surface area contributed by atoms with Crippen molar-refractivity contribution in [3.05, 3.63) is 276 Å². The second-order valence-electron chi connectivity index (χ2n) is 25.7. The van der Waals surface area contributed by atoms with Crippen LogP contribution >= 0.6 is 0 Å². The molecule has 8 aromatic carbocycles. The van der Waals surface area contributed by atoms with Gasteiger partial charge in [0.15, 0.2) is 0 Å². The van der Waals surface area contributed by atoms with Crippen LogP contribution in [0.5, 0.6) is 40.2 Å². The van der Waals surface area contributed by atoms with Gasteiger partial charge in [-0.25, -0.2) is 0 Å². The Kier molecular flexibility index (Phi) is 98.7. The van der Waals surface area contributed by atoms with Gasteiger partial charge in [-0.2, -0.15) is 71.8 Å². The Hall–Kier alpha value is -5.52. The number of rotatable bonds is 34. The van der Waals surface area contributed by atoms with Gasteiger partial charge in [0.25, 0.3) is 0 Å². The summed E-state index contributed by atoms with van der Waals surface area (Å²) in [6.45, 7) is 18.5. The summed E-state index contributed by atoms with van der Waals surface area (Å²) >= 11 is 0.